The molecule has 0 aromatic heterocycles. The summed E-state index contributed by atoms with van der Waals surface area (Å²) in [5.74, 6) is 9.27. The predicted molar refractivity (Wildman–Crippen MR) is 116 cm³/mol. The highest BCUT2D eigenvalue weighted by atomic mass is 32.2. The van der Waals surface area contributed by atoms with Crippen LogP contribution in [0.1, 0.15) is 62.8 Å². The summed E-state index contributed by atoms with van der Waals surface area (Å²) < 4.78 is 0. The molecule has 0 atom stereocenters. The smallest absolute Gasteiger partial charge is 0.0252 e. The van der Waals surface area contributed by atoms with E-state index in [1.807, 2.05) is 23.5 Å². The molecule has 2 aliphatic rings. The first-order valence-corrected chi connectivity index (χ1v) is 11.4. The third kappa shape index (κ3) is 3.45. The molecule has 0 fully saturated rings. The molecule has 26 heavy (non-hydrogen) atoms. The number of rotatable bonds is 0. The van der Waals surface area contributed by atoms with E-state index in [9.17, 15) is 0 Å². The van der Waals surface area contributed by atoms with Crippen molar-refractivity contribution >= 4 is 23.5 Å². The monoisotopic (exact) mass is 378 g/mol. The molecule has 0 radical (unpaired) electrons. The fourth-order valence-corrected chi connectivity index (χ4v) is 6.75. The van der Waals surface area contributed by atoms with E-state index >= 15 is 0 Å². The maximum atomic E-state index is 3.42. The normalized spacial score (nSPS) is 19.7. The molecule has 2 heterocycles. The third-order valence-corrected chi connectivity index (χ3v) is 7.89. The quantitative estimate of drug-likeness (QED) is 0.472. The van der Waals surface area contributed by atoms with E-state index in [1.165, 1.54) is 45.3 Å². The standard InChI is InChI=1S/C24H26S2/c1-23(2)11-13-25-21-9-7-17(15-19(21)23)5-6-18-8-10-22-20(16-18)24(3,4)12-14-26-22/h7-10,15-16H,11-14H2,1-4H3. The summed E-state index contributed by atoms with van der Waals surface area (Å²) in [6, 6.07) is 13.5. The van der Waals surface area contributed by atoms with Gasteiger partial charge in [0.15, 0.2) is 0 Å². The number of hydrogen-bond acceptors (Lipinski definition) is 2. The summed E-state index contributed by atoms with van der Waals surface area (Å²) in [6.07, 6.45) is 2.47. The van der Waals surface area contributed by atoms with Crippen LogP contribution in [0.2, 0.25) is 0 Å². The zero-order chi connectivity index (χ0) is 18.4. The first-order valence-electron chi connectivity index (χ1n) is 9.42. The van der Waals surface area contributed by atoms with Crippen LogP contribution in [0.4, 0.5) is 0 Å². The molecule has 0 amide bonds. The highest BCUT2D eigenvalue weighted by molar-refractivity contribution is 7.99. The van der Waals surface area contributed by atoms with Crippen molar-refractivity contribution in [3.8, 4) is 11.8 Å². The van der Waals surface area contributed by atoms with Crippen LogP contribution in [0.3, 0.4) is 0 Å². The van der Waals surface area contributed by atoms with E-state index in [2.05, 4.69) is 75.9 Å². The van der Waals surface area contributed by atoms with Gasteiger partial charge in [0.05, 0.1) is 0 Å². The van der Waals surface area contributed by atoms with E-state index in [-0.39, 0.29) is 10.8 Å². The summed E-state index contributed by atoms with van der Waals surface area (Å²) in [5.41, 5.74) is 5.69. The minimum Gasteiger partial charge on any atom is -0.126 e. The number of hydrogen-bond donors (Lipinski definition) is 0. The molecule has 0 unspecified atom stereocenters. The minimum absolute atomic E-state index is 0.255. The lowest BCUT2D eigenvalue weighted by Gasteiger charge is -2.32. The van der Waals surface area contributed by atoms with Gasteiger partial charge in [0.1, 0.15) is 0 Å². The Morgan fingerprint density at radius 2 is 1.12 bits per heavy atom. The van der Waals surface area contributed by atoms with Crippen molar-refractivity contribution in [2.24, 2.45) is 0 Å². The van der Waals surface area contributed by atoms with Crippen LogP contribution in [0.25, 0.3) is 0 Å². The largest absolute Gasteiger partial charge is 0.126 e. The van der Waals surface area contributed by atoms with Crippen molar-refractivity contribution in [1.29, 1.82) is 0 Å². The Kier molecular flexibility index (Phi) is 4.66. The molecule has 0 N–H and O–H groups in total. The van der Waals surface area contributed by atoms with Gasteiger partial charge in [-0.1, -0.05) is 39.5 Å². The van der Waals surface area contributed by atoms with Crippen LogP contribution in [0, 0.1) is 11.8 Å². The molecule has 4 rings (SSSR count). The van der Waals surface area contributed by atoms with Crippen molar-refractivity contribution in [3.63, 3.8) is 0 Å². The lowest BCUT2D eigenvalue weighted by molar-refractivity contribution is 0.493. The second kappa shape index (κ2) is 6.70. The molecule has 134 valence electrons. The topological polar surface area (TPSA) is 0 Å². The van der Waals surface area contributed by atoms with Gasteiger partial charge in [-0.15, -0.1) is 23.5 Å². The van der Waals surface area contributed by atoms with E-state index < -0.39 is 0 Å². The predicted octanol–water partition coefficient (Wildman–Crippen LogP) is 6.63. The SMILES string of the molecule is CC1(C)CCSc2ccc(C#Cc3ccc4c(c3)C(C)(C)CCS4)cc21. The van der Waals surface area contributed by atoms with E-state index in [0.29, 0.717) is 0 Å². The molecule has 0 saturated carbocycles. The van der Waals surface area contributed by atoms with Crippen molar-refractivity contribution < 1.29 is 0 Å². The molecule has 2 aromatic carbocycles. The molecule has 0 spiro atoms. The van der Waals surface area contributed by atoms with Gasteiger partial charge in [-0.25, -0.2) is 0 Å². The molecule has 0 nitrogen and oxygen atoms in total. The zero-order valence-electron chi connectivity index (χ0n) is 16.1. The summed E-state index contributed by atoms with van der Waals surface area (Å²) in [4.78, 5) is 2.86. The van der Waals surface area contributed by atoms with Gasteiger partial charge in [0.2, 0.25) is 0 Å². The van der Waals surface area contributed by atoms with Crippen LogP contribution < -0.4 is 0 Å². The molecule has 2 aromatic rings. The minimum atomic E-state index is 0.255. The van der Waals surface area contributed by atoms with Crippen LogP contribution in [-0.2, 0) is 10.8 Å². The first kappa shape index (κ1) is 18.1. The fourth-order valence-electron chi connectivity index (χ4n) is 3.77. The Labute approximate surface area is 166 Å². The lowest BCUT2D eigenvalue weighted by atomic mass is 9.81. The van der Waals surface area contributed by atoms with Crippen LogP contribution in [-0.4, -0.2) is 11.5 Å². The second-order valence-corrected chi connectivity index (χ2v) is 10.9. The molecule has 2 aliphatic heterocycles. The van der Waals surface area contributed by atoms with E-state index in [4.69, 9.17) is 0 Å². The van der Waals surface area contributed by atoms with Gasteiger partial charge in [0.25, 0.3) is 0 Å². The Bertz CT molecular complexity index is 836. The summed E-state index contributed by atoms with van der Waals surface area (Å²) in [7, 11) is 0. The van der Waals surface area contributed by atoms with Gasteiger partial charge in [-0.3, -0.25) is 0 Å². The average molecular weight is 379 g/mol. The van der Waals surface area contributed by atoms with Gasteiger partial charge in [0, 0.05) is 20.9 Å². The first-order chi connectivity index (χ1) is 12.4. The molecular formula is C24H26S2. The second-order valence-electron chi connectivity index (χ2n) is 8.64. The maximum Gasteiger partial charge on any atom is 0.0252 e. The van der Waals surface area contributed by atoms with Crippen molar-refractivity contribution in [1.82, 2.24) is 0 Å². The number of thioether (sulfide) groups is 2. The zero-order valence-corrected chi connectivity index (χ0v) is 17.7. The number of fused-ring (bicyclic) bond motifs is 2. The Hall–Kier alpha value is -1.30. The van der Waals surface area contributed by atoms with Gasteiger partial charge in [-0.2, -0.15) is 0 Å². The highest BCUT2D eigenvalue weighted by Gasteiger charge is 2.28. The molecule has 0 saturated heterocycles. The molecular weight excluding hydrogens is 352 g/mol. The fraction of sp³-hybridized carbons (Fsp3) is 0.417. The Morgan fingerprint density at radius 3 is 1.54 bits per heavy atom. The Morgan fingerprint density at radius 1 is 0.692 bits per heavy atom. The van der Waals surface area contributed by atoms with Gasteiger partial charge < -0.3 is 0 Å². The maximum absolute atomic E-state index is 3.42. The van der Waals surface area contributed by atoms with Crippen molar-refractivity contribution in [3.05, 3.63) is 58.7 Å². The summed E-state index contributed by atoms with van der Waals surface area (Å²) in [6.45, 7) is 9.41. The van der Waals surface area contributed by atoms with Crippen LogP contribution in [0.15, 0.2) is 46.2 Å². The van der Waals surface area contributed by atoms with Crippen LogP contribution in [0.5, 0.6) is 0 Å². The van der Waals surface area contributed by atoms with Crippen LogP contribution >= 0.6 is 23.5 Å². The summed E-state index contributed by atoms with van der Waals surface area (Å²) in [5, 5.41) is 0. The third-order valence-electron chi connectivity index (χ3n) is 5.74. The average Bonchev–Trinajstić information content (AvgIpc) is 2.60. The lowest BCUT2D eigenvalue weighted by Crippen LogP contribution is -2.22. The summed E-state index contributed by atoms with van der Waals surface area (Å²) >= 11 is 3.96. The van der Waals surface area contributed by atoms with Crippen molar-refractivity contribution in [2.45, 2.75) is 61.2 Å². The van der Waals surface area contributed by atoms with Gasteiger partial charge in [-0.05, 0) is 82.7 Å². The van der Waals surface area contributed by atoms with Crippen molar-refractivity contribution in [2.75, 3.05) is 11.5 Å². The van der Waals surface area contributed by atoms with E-state index in [0.717, 1.165) is 11.1 Å². The van der Waals surface area contributed by atoms with Gasteiger partial charge >= 0.3 is 0 Å². The molecule has 0 bridgehead atoms. The number of benzene rings is 2. The Balaban J connectivity index is 1.67. The highest BCUT2D eigenvalue weighted by Crippen LogP contribution is 2.42. The molecule has 2 heteroatoms. The van der Waals surface area contributed by atoms with E-state index in [1.54, 1.807) is 0 Å². The molecule has 0 aliphatic carbocycles.